The summed E-state index contributed by atoms with van der Waals surface area (Å²) in [6, 6.07) is 9.31. The Morgan fingerprint density at radius 2 is 1.64 bits per heavy atom. The van der Waals surface area contributed by atoms with E-state index >= 15 is 0 Å². The maximum Gasteiger partial charge on any atom is 0.430 e. The van der Waals surface area contributed by atoms with E-state index in [1.807, 2.05) is 19.9 Å². The lowest BCUT2D eigenvalue weighted by Crippen LogP contribution is -2.57. The Bertz CT molecular complexity index is 1230. The Labute approximate surface area is 251 Å². The summed E-state index contributed by atoms with van der Waals surface area (Å²) in [5.74, 6) is 0.226. The van der Waals surface area contributed by atoms with Crippen molar-refractivity contribution in [2.45, 2.75) is 69.9 Å². The number of pyridine rings is 1. The van der Waals surface area contributed by atoms with Gasteiger partial charge in [0.15, 0.2) is 0 Å². The molecule has 0 aliphatic carbocycles. The summed E-state index contributed by atoms with van der Waals surface area (Å²) in [7, 11) is 3.52. The molecule has 11 heteroatoms. The highest BCUT2D eigenvalue weighted by molar-refractivity contribution is 6.30. The Hall–Kier alpha value is -2.40. The van der Waals surface area contributed by atoms with Crippen LogP contribution < -0.4 is 4.90 Å². The van der Waals surface area contributed by atoms with Crippen LogP contribution in [0, 0.1) is 11.8 Å². The molecule has 3 heterocycles. The van der Waals surface area contributed by atoms with E-state index < -0.39 is 29.5 Å². The fraction of sp³-hybridized carbons (Fsp3) is 0.613. The minimum absolute atomic E-state index is 0.0446. The second-order valence-corrected chi connectivity index (χ2v) is 12.6. The van der Waals surface area contributed by atoms with Crippen molar-refractivity contribution in [2.75, 3.05) is 45.2 Å². The van der Waals surface area contributed by atoms with E-state index in [4.69, 9.17) is 11.6 Å². The fourth-order valence-corrected chi connectivity index (χ4v) is 6.33. The smallest absolute Gasteiger partial charge is 0.374 e. The van der Waals surface area contributed by atoms with E-state index in [-0.39, 0.29) is 24.2 Å². The van der Waals surface area contributed by atoms with Gasteiger partial charge in [0.1, 0.15) is 17.2 Å². The molecule has 2 aliphatic rings. The number of rotatable bonds is 8. The van der Waals surface area contributed by atoms with Gasteiger partial charge in [0.05, 0.1) is 0 Å². The van der Waals surface area contributed by atoms with E-state index in [1.54, 1.807) is 31.1 Å². The first-order valence-corrected chi connectivity index (χ1v) is 15.0. The van der Waals surface area contributed by atoms with Crippen LogP contribution in [0.3, 0.4) is 0 Å². The highest BCUT2D eigenvalue weighted by atomic mass is 35.5. The first-order valence-electron chi connectivity index (χ1n) is 14.7. The minimum atomic E-state index is -5.14. The molecular formula is C31H42ClF3N4O3. The number of amides is 1. The SMILES string of the molecule is CC(C)c1cccc(C(O)(C(=O)N2CCC(CC3CCN(c4ccc(C(O)N(C)C)c(Cl)n4)CC3)CC2)C(F)(F)F)c1. The van der Waals surface area contributed by atoms with Crippen LogP contribution in [0.2, 0.25) is 5.15 Å². The van der Waals surface area contributed by atoms with Crippen LogP contribution in [-0.4, -0.2) is 77.4 Å². The molecule has 1 amide bonds. The molecule has 4 rings (SSSR count). The Kier molecular flexibility index (Phi) is 10.1. The van der Waals surface area contributed by atoms with Crippen LogP contribution in [0.1, 0.15) is 74.8 Å². The zero-order valence-electron chi connectivity index (χ0n) is 24.7. The van der Waals surface area contributed by atoms with Gasteiger partial charge >= 0.3 is 6.18 Å². The number of hydrogen-bond donors (Lipinski definition) is 2. The zero-order chi connectivity index (χ0) is 30.8. The number of halogens is 4. The minimum Gasteiger partial charge on any atom is -0.374 e. The van der Waals surface area contributed by atoms with Gasteiger partial charge in [0.2, 0.25) is 0 Å². The van der Waals surface area contributed by atoms with Crippen LogP contribution in [0.25, 0.3) is 0 Å². The van der Waals surface area contributed by atoms with Crippen molar-refractivity contribution in [3.8, 4) is 0 Å². The van der Waals surface area contributed by atoms with E-state index in [0.29, 0.717) is 35.8 Å². The third kappa shape index (κ3) is 6.87. The topological polar surface area (TPSA) is 80.1 Å². The maximum absolute atomic E-state index is 14.3. The van der Waals surface area contributed by atoms with Crippen molar-refractivity contribution < 1.29 is 28.2 Å². The summed E-state index contributed by atoms with van der Waals surface area (Å²) in [4.78, 5) is 22.8. The van der Waals surface area contributed by atoms with E-state index in [0.717, 1.165) is 38.2 Å². The lowest BCUT2D eigenvalue weighted by Gasteiger charge is -2.40. The highest BCUT2D eigenvalue weighted by Crippen LogP contribution is 2.42. The highest BCUT2D eigenvalue weighted by Gasteiger charge is 2.62. The van der Waals surface area contributed by atoms with Crippen molar-refractivity contribution in [3.05, 3.63) is 58.2 Å². The Morgan fingerprint density at radius 3 is 2.17 bits per heavy atom. The van der Waals surface area contributed by atoms with Gasteiger partial charge in [-0.25, -0.2) is 4.98 Å². The Balaban J connectivity index is 1.32. The van der Waals surface area contributed by atoms with Gasteiger partial charge in [-0.1, -0.05) is 49.7 Å². The standard InChI is InChI=1S/C31H42ClF3N4O3/c1-20(2)23-6-5-7-24(19-23)30(42,31(33,34)35)29(41)39-16-12-22(13-17-39)18-21-10-14-38(15-11-21)26-9-8-25(27(32)36-26)28(40)37(3)4/h5-9,19-22,28,40,42H,10-18H2,1-4H3. The number of hydrogen-bond acceptors (Lipinski definition) is 6. The van der Waals surface area contributed by atoms with Crippen molar-refractivity contribution in [3.63, 3.8) is 0 Å². The molecule has 2 N–H and O–H groups in total. The number of aliphatic hydroxyl groups is 2. The molecule has 0 radical (unpaired) electrons. The molecule has 0 spiro atoms. The van der Waals surface area contributed by atoms with Crippen LogP contribution in [0.5, 0.6) is 0 Å². The average molecular weight is 611 g/mol. The number of nitrogens with zero attached hydrogens (tertiary/aromatic N) is 4. The molecular weight excluding hydrogens is 569 g/mol. The third-order valence-corrected chi connectivity index (χ3v) is 9.13. The molecule has 1 aromatic heterocycles. The normalized spacial score (nSPS) is 19.8. The fourth-order valence-electron chi connectivity index (χ4n) is 6.08. The van der Waals surface area contributed by atoms with Gasteiger partial charge in [0, 0.05) is 37.3 Å². The summed E-state index contributed by atoms with van der Waals surface area (Å²) in [5.41, 5.74) is -2.81. The molecule has 42 heavy (non-hydrogen) atoms. The van der Waals surface area contributed by atoms with Gasteiger partial charge < -0.3 is 20.0 Å². The van der Waals surface area contributed by atoms with E-state index in [2.05, 4.69) is 9.88 Å². The molecule has 2 fully saturated rings. The lowest BCUT2D eigenvalue weighted by atomic mass is 9.82. The largest absolute Gasteiger partial charge is 0.430 e. The number of carbonyl (C=O) groups is 1. The molecule has 2 unspecified atom stereocenters. The second kappa shape index (κ2) is 13.1. The summed E-state index contributed by atoms with van der Waals surface area (Å²) >= 11 is 6.36. The predicted octanol–water partition coefficient (Wildman–Crippen LogP) is 5.71. The molecule has 0 bridgehead atoms. The molecule has 2 atom stereocenters. The summed E-state index contributed by atoms with van der Waals surface area (Å²) in [5, 5.41) is 21.5. The van der Waals surface area contributed by atoms with Crippen molar-refractivity contribution in [1.82, 2.24) is 14.8 Å². The third-order valence-electron chi connectivity index (χ3n) is 8.83. The van der Waals surface area contributed by atoms with Crippen LogP contribution in [0.4, 0.5) is 19.0 Å². The quantitative estimate of drug-likeness (QED) is 0.295. The number of likely N-dealkylation sites (tertiary alicyclic amines) is 1. The number of benzene rings is 1. The zero-order valence-corrected chi connectivity index (χ0v) is 25.5. The number of piperidine rings is 2. The van der Waals surface area contributed by atoms with Gasteiger partial charge in [-0.05, 0) is 81.6 Å². The second-order valence-electron chi connectivity index (χ2n) is 12.3. The number of aromatic nitrogens is 1. The summed E-state index contributed by atoms with van der Waals surface area (Å²) in [6.07, 6.45) is -1.88. The molecule has 0 saturated carbocycles. The molecule has 2 saturated heterocycles. The molecule has 232 valence electrons. The van der Waals surface area contributed by atoms with E-state index in [1.165, 1.54) is 23.1 Å². The predicted molar refractivity (Wildman–Crippen MR) is 157 cm³/mol. The number of carbonyl (C=O) groups excluding carboxylic acids is 1. The van der Waals surface area contributed by atoms with Crippen molar-refractivity contribution in [1.29, 1.82) is 0 Å². The summed E-state index contributed by atoms with van der Waals surface area (Å²) in [6.45, 7) is 5.72. The number of alkyl halides is 3. The van der Waals surface area contributed by atoms with Gasteiger partial charge in [-0.3, -0.25) is 9.69 Å². The lowest BCUT2D eigenvalue weighted by molar-refractivity contribution is -0.262. The van der Waals surface area contributed by atoms with Gasteiger partial charge in [-0.2, -0.15) is 13.2 Å². The van der Waals surface area contributed by atoms with Crippen molar-refractivity contribution >= 4 is 23.3 Å². The van der Waals surface area contributed by atoms with Crippen molar-refractivity contribution in [2.24, 2.45) is 11.8 Å². The van der Waals surface area contributed by atoms with Gasteiger partial charge in [-0.15, -0.1) is 0 Å². The van der Waals surface area contributed by atoms with Gasteiger partial charge in [0.25, 0.3) is 11.5 Å². The first kappa shape index (κ1) is 32.5. The molecule has 2 aliphatic heterocycles. The monoisotopic (exact) mass is 610 g/mol. The van der Waals surface area contributed by atoms with Crippen LogP contribution >= 0.6 is 11.6 Å². The molecule has 7 nitrogen and oxygen atoms in total. The van der Waals surface area contributed by atoms with Crippen LogP contribution in [0.15, 0.2) is 36.4 Å². The Morgan fingerprint density at radius 1 is 1.05 bits per heavy atom. The molecule has 2 aromatic rings. The number of anilines is 1. The van der Waals surface area contributed by atoms with E-state index in [9.17, 15) is 28.2 Å². The number of aliphatic hydroxyl groups excluding tert-OH is 1. The first-order chi connectivity index (χ1) is 19.7. The summed E-state index contributed by atoms with van der Waals surface area (Å²) < 4.78 is 42.8. The average Bonchev–Trinajstić information content (AvgIpc) is 2.96. The van der Waals surface area contributed by atoms with Crippen LogP contribution in [-0.2, 0) is 10.4 Å². The maximum atomic E-state index is 14.3. The molecule has 1 aromatic carbocycles.